The number of rotatable bonds is 4. The lowest BCUT2D eigenvalue weighted by Crippen LogP contribution is -2.25. The fourth-order valence-electron chi connectivity index (χ4n) is 1.65. The van der Waals surface area contributed by atoms with Crippen LogP contribution in [0.15, 0.2) is 27.4 Å². The van der Waals surface area contributed by atoms with Crippen LogP contribution in [-0.2, 0) is 13.2 Å². The minimum atomic E-state index is -1.02. The van der Waals surface area contributed by atoms with E-state index in [4.69, 9.17) is 14.6 Å². The summed E-state index contributed by atoms with van der Waals surface area (Å²) in [6, 6.07) is 4.85. The molecule has 0 aliphatic heterocycles. The third-order valence-corrected chi connectivity index (χ3v) is 2.52. The van der Waals surface area contributed by atoms with Crippen LogP contribution in [0.2, 0.25) is 0 Å². The van der Waals surface area contributed by atoms with Crippen LogP contribution in [0.4, 0.5) is 0 Å². The lowest BCUT2D eigenvalue weighted by molar-refractivity contribution is 0.0804. The van der Waals surface area contributed by atoms with Gasteiger partial charge in [-0.05, 0) is 17.7 Å². The van der Waals surface area contributed by atoms with Crippen LogP contribution < -0.4 is 5.76 Å². The molecule has 6 heteroatoms. The standard InChI is InChI=1S/C11H13NO5/c13-5-7-1-2-10-9(3-7)12(11(16)17-10)4-8(15)6-14/h1-3,8,13-15H,4-6H2. The maximum atomic E-state index is 11.5. The van der Waals surface area contributed by atoms with Crippen LogP contribution in [0.1, 0.15) is 5.56 Å². The average molecular weight is 239 g/mol. The highest BCUT2D eigenvalue weighted by molar-refractivity contribution is 5.73. The predicted octanol–water partition coefficient (Wildman–Crippen LogP) is -0.560. The topological polar surface area (TPSA) is 95.8 Å². The van der Waals surface area contributed by atoms with Gasteiger partial charge in [-0.15, -0.1) is 0 Å². The Morgan fingerprint density at radius 2 is 2.12 bits per heavy atom. The number of fused-ring (bicyclic) bond motifs is 1. The predicted molar refractivity (Wildman–Crippen MR) is 59.5 cm³/mol. The molecule has 3 N–H and O–H groups in total. The van der Waals surface area contributed by atoms with Gasteiger partial charge in [-0.1, -0.05) is 6.07 Å². The fourth-order valence-corrected chi connectivity index (χ4v) is 1.65. The smallest absolute Gasteiger partial charge is 0.408 e. The molecule has 0 saturated carbocycles. The highest BCUT2D eigenvalue weighted by Gasteiger charge is 2.13. The number of aliphatic hydroxyl groups excluding tert-OH is 3. The zero-order valence-electron chi connectivity index (χ0n) is 9.04. The Bertz CT molecular complexity index is 571. The second-order valence-electron chi connectivity index (χ2n) is 3.78. The zero-order chi connectivity index (χ0) is 12.4. The number of aliphatic hydroxyl groups is 3. The van der Waals surface area contributed by atoms with E-state index >= 15 is 0 Å². The van der Waals surface area contributed by atoms with Gasteiger partial charge in [-0.2, -0.15) is 0 Å². The van der Waals surface area contributed by atoms with Gasteiger partial charge in [0.25, 0.3) is 0 Å². The summed E-state index contributed by atoms with van der Waals surface area (Å²) in [5, 5.41) is 27.1. The first-order valence-corrected chi connectivity index (χ1v) is 5.17. The molecule has 1 heterocycles. The Morgan fingerprint density at radius 3 is 2.76 bits per heavy atom. The van der Waals surface area contributed by atoms with Gasteiger partial charge in [0.1, 0.15) is 0 Å². The van der Waals surface area contributed by atoms with Gasteiger partial charge in [0, 0.05) is 0 Å². The van der Waals surface area contributed by atoms with Crippen LogP contribution in [0.5, 0.6) is 0 Å². The first-order chi connectivity index (χ1) is 8.15. The molecular weight excluding hydrogens is 226 g/mol. The van der Waals surface area contributed by atoms with E-state index in [1.54, 1.807) is 18.2 Å². The molecule has 0 radical (unpaired) electrons. The van der Waals surface area contributed by atoms with Crippen molar-refractivity contribution < 1.29 is 19.7 Å². The molecule has 0 fully saturated rings. The molecule has 1 atom stereocenters. The highest BCUT2D eigenvalue weighted by atomic mass is 16.4. The van der Waals surface area contributed by atoms with Gasteiger partial charge in [0.05, 0.1) is 31.4 Å². The molecule has 0 amide bonds. The monoisotopic (exact) mass is 239 g/mol. The lowest BCUT2D eigenvalue weighted by atomic mass is 10.2. The molecule has 0 aliphatic rings. The third kappa shape index (κ3) is 2.23. The summed E-state index contributed by atoms with van der Waals surface area (Å²) in [4.78, 5) is 11.5. The summed E-state index contributed by atoms with van der Waals surface area (Å²) < 4.78 is 6.21. The van der Waals surface area contributed by atoms with E-state index < -0.39 is 18.5 Å². The molecule has 0 saturated heterocycles. The van der Waals surface area contributed by atoms with Crippen molar-refractivity contribution in [2.75, 3.05) is 6.61 Å². The Balaban J connectivity index is 2.52. The van der Waals surface area contributed by atoms with Gasteiger partial charge in [-0.25, -0.2) is 4.79 Å². The van der Waals surface area contributed by atoms with Gasteiger partial charge < -0.3 is 19.7 Å². The summed E-state index contributed by atoms with van der Waals surface area (Å²) in [5.41, 5.74) is 1.52. The number of benzene rings is 1. The van der Waals surface area contributed by atoms with Gasteiger partial charge in [0.2, 0.25) is 0 Å². The zero-order valence-corrected chi connectivity index (χ0v) is 9.04. The van der Waals surface area contributed by atoms with Crippen molar-refractivity contribution >= 4 is 11.1 Å². The van der Waals surface area contributed by atoms with E-state index in [1.165, 1.54) is 4.57 Å². The molecule has 1 aromatic heterocycles. The maximum Gasteiger partial charge on any atom is 0.420 e. The van der Waals surface area contributed by atoms with E-state index in [1.807, 2.05) is 0 Å². The Hall–Kier alpha value is -1.63. The molecule has 17 heavy (non-hydrogen) atoms. The molecule has 2 aromatic rings. The molecule has 0 bridgehead atoms. The quantitative estimate of drug-likeness (QED) is 0.664. The summed E-state index contributed by atoms with van der Waals surface area (Å²) in [7, 11) is 0. The Labute approximate surface area is 96.3 Å². The molecule has 6 nitrogen and oxygen atoms in total. The Morgan fingerprint density at radius 1 is 1.35 bits per heavy atom. The lowest BCUT2D eigenvalue weighted by Gasteiger charge is -2.07. The SMILES string of the molecule is O=c1oc2ccc(CO)cc2n1CC(O)CO. The third-order valence-electron chi connectivity index (χ3n) is 2.52. The molecule has 2 rings (SSSR count). The molecule has 1 unspecified atom stereocenters. The molecule has 92 valence electrons. The Kier molecular flexibility index (Phi) is 3.28. The summed E-state index contributed by atoms with van der Waals surface area (Å²) in [6.45, 7) is -0.617. The van der Waals surface area contributed by atoms with E-state index in [0.29, 0.717) is 16.7 Å². The van der Waals surface area contributed by atoms with Crippen molar-refractivity contribution in [2.24, 2.45) is 0 Å². The second kappa shape index (κ2) is 4.70. The van der Waals surface area contributed by atoms with Crippen LogP contribution in [0, 0.1) is 0 Å². The largest absolute Gasteiger partial charge is 0.420 e. The summed E-state index contributed by atoms with van der Waals surface area (Å²) >= 11 is 0. The van der Waals surface area contributed by atoms with Crippen molar-refractivity contribution in [1.82, 2.24) is 4.57 Å². The van der Waals surface area contributed by atoms with E-state index in [9.17, 15) is 9.90 Å². The first kappa shape index (κ1) is 11.8. The minimum Gasteiger partial charge on any atom is -0.408 e. The number of hydrogen-bond donors (Lipinski definition) is 3. The first-order valence-electron chi connectivity index (χ1n) is 5.17. The van der Waals surface area contributed by atoms with Crippen LogP contribution >= 0.6 is 0 Å². The van der Waals surface area contributed by atoms with Crippen molar-refractivity contribution in [1.29, 1.82) is 0 Å². The van der Waals surface area contributed by atoms with Gasteiger partial charge in [0.15, 0.2) is 5.58 Å². The second-order valence-corrected chi connectivity index (χ2v) is 3.78. The normalized spacial score (nSPS) is 13.1. The van der Waals surface area contributed by atoms with Crippen LogP contribution in [0.3, 0.4) is 0 Å². The molecular formula is C11H13NO5. The highest BCUT2D eigenvalue weighted by Crippen LogP contribution is 2.15. The van der Waals surface area contributed by atoms with Crippen molar-refractivity contribution in [3.8, 4) is 0 Å². The maximum absolute atomic E-state index is 11.5. The number of oxazole rings is 1. The van der Waals surface area contributed by atoms with Gasteiger partial charge >= 0.3 is 5.76 Å². The van der Waals surface area contributed by atoms with Crippen molar-refractivity contribution in [3.05, 3.63) is 34.3 Å². The molecule has 0 spiro atoms. The van der Waals surface area contributed by atoms with Crippen LogP contribution in [0.25, 0.3) is 11.1 Å². The molecule has 0 aliphatic carbocycles. The average Bonchev–Trinajstić information content (AvgIpc) is 2.65. The number of hydrogen-bond acceptors (Lipinski definition) is 5. The summed E-state index contributed by atoms with van der Waals surface area (Å²) in [5.74, 6) is -0.595. The number of nitrogens with zero attached hydrogens (tertiary/aromatic N) is 1. The van der Waals surface area contributed by atoms with Crippen molar-refractivity contribution in [2.45, 2.75) is 19.3 Å². The van der Waals surface area contributed by atoms with E-state index in [-0.39, 0.29) is 13.2 Å². The summed E-state index contributed by atoms with van der Waals surface area (Å²) in [6.07, 6.45) is -1.02. The minimum absolute atomic E-state index is 0.0444. The van der Waals surface area contributed by atoms with Crippen molar-refractivity contribution in [3.63, 3.8) is 0 Å². The van der Waals surface area contributed by atoms with Gasteiger partial charge in [-0.3, -0.25) is 4.57 Å². The molecule has 1 aromatic carbocycles. The fraction of sp³-hybridized carbons (Fsp3) is 0.364. The van der Waals surface area contributed by atoms with Crippen LogP contribution in [-0.4, -0.2) is 32.6 Å². The number of aromatic nitrogens is 1. The van der Waals surface area contributed by atoms with E-state index in [2.05, 4.69) is 0 Å². The van der Waals surface area contributed by atoms with E-state index in [0.717, 1.165) is 0 Å².